The van der Waals surface area contributed by atoms with Crippen LogP contribution in [0.15, 0.2) is 35.5 Å². The summed E-state index contributed by atoms with van der Waals surface area (Å²) in [6.45, 7) is 2.11. The van der Waals surface area contributed by atoms with E-state index in [1.54, 1.807) is 6.21 Å². The summed E-state index contributed by atoms with van der Waals surface area (Å²) in [7, 11) is 0. The van der Waals surface area contributed by atoms with E-state index in [9.17, 15) is 0 Å². The molecule has 3 heteroatoms. The van der Waals surface area contributed by atoms with Gasteiger partial charge in [0.05, 0.1) is 6.21 Å². The van der Waals surface area contributed by atoms with E-state index in [4.69, 9.17) is 10.6 Å². The maximum absolute atomic E-state index is 6.07. The summed E-state index contributed by atoms with van der Waals surface area (Å²) < 4.78 is 0. The predicted molar refractivity (Wildman–Crippen MR) is 70.0 cm³/mol. The molecule has 0 aliphatic heterocycles. The van der Waals surface area contributed by atoms with Crippen LogP contribution in [-0.2, 0) is 4.84 Å². The normalized spacial score (nSPS) is 29.4. The van der Waals surface area contributed by atoms with Gasteiger partial charge in [-0.05, 0) is 38.2 Å². The fourth-order valence-corrected chi connectivity index (χ4v) is 2.07. The number of hydrogen-bond donors (Lipinski definition) is 1. The summed E-state index contributed by atoms with van der Waals surface area (Å²) in [5.41, 5.74) is 7.12. The molecule has 3 nitrogen and oxygen atoms in total. The van der Waals surface area contributed by atoms with Gasteiger partial charge in [0.25, 0.3) is 0 Å². The molecule has 1 aliphatic carbocycles. The highest BCUT2D eigenvalue weighted by molar-refractivity contribution is 5.78. The Labute approximate surface area is 103 Å². The topological polar surface area (TPSA) is 47.6 Å². The first kappa shape index (κ1) is 12.1. The number of hydrogen-bond acceptors (Lipinski definition) is 3. The third-order valence-corrected chi connectivity index (χ3v) is 3.29. The summed E-state index contributed by atoms with van der Waals surface area (Å²) in [4.78, 5) is 5.49. The molecule has 1 saturated carbocycles. The highest BCUT2D eigenvalue weighted by Gasteiger charge is 2.28. The van der Waals surface area contributed by atoms with E-state index in [0.29, 0.717) is 0 Å². The average molecular weight is 232 g/mol. The smallest absolute Gasteiger partial charge is 0.127 e. The quantitative estimate of drug-likeness (QED) is 0.643. The Bertz CT molecular complexity index is 363. The number of nitrogens with zero attached hydrogens (tertiary/aromatic N) is 1. The molecule has 0 aromatic heterocycles. The summed E-state index contributed by atoms with van der Waals surface area (Å²) in [5.74, 6) is 0. The van der Waals surface area contributed by atoms with Crippen molar-refractivity contribution in [2.45, 2.75) is 44.2 Å². The van der Waals surface area contributed by atoms with Gasteiger partial charge < -0.3 is 10.6 Å². The average Bonchev–Trinajstić information content (AvgIpc) is 2.33. The molecule has 0 amide bonds. The molecule has 0 spiro atoms. The van der Waals surface area contributed by atoms with Gasteiger partial charge in [-0.15, -0.1) is 0 Å². The Morgan fingerprint density at radius 3 is 2.59 bits per heavy atom. The van der Waals surface area contributed by atoms with Crippen LogP contribution in [-0.4, -0.2) is 17.9 Å². The molecule has 17 heavy (non-hydrogen) atoms. The van der Waals surface area contributed by atoms with E-state index >= 15 is 0 Å². The van der Waals surface area contributed by atoms with Crippen molar-refractivity contribution in [2.75, 3.05) is 0 Å². The molecule has 1 aromatic rings. The number of rotatable bonds is 3. The predicted octanol–water partition coefficient (Wildman–Crippen LogP) is 2.70. The summed E-state index contributed by atoms with van der Waals surface area (Å²) >= 11 is 0. The minimum absolute atomic E-state index is 0.0109. The second-order valence-electron chi connectivity index (χ2n) is 5.10. The Morgan fingerprint density at radius 2 is 1.94 bits per heavy atom. The molecule has 92 valence electrons. The molecule has 2 N–H and O–H groups in total. The van der Waals surface area contributed by atoms with Crippen molar-refractivity contribution in [3.05, 3.63) is 35.9 Å². The van der Waals surface area contributed by atoms with Gasteiger partial charge in [-0.3, -0.25) is 0 Å². The van der Waals surface area contributed by atoms with Crippen LogP contribution in [0, 0.1) is 0 Å². The fraction of sp³-hybridized carbons (Fsp3) is 0.500. The van der Waals surface area contributed by atoms with Crippen LogP contribution in [0.4, 0.5) is 0 Å². The van der Waals surface area contributed by atoms with Crippen molar-refractivity contribution >= 4 is 6.21 Å². The Hall–Kier alpha value is -1.35. The number of nitrogens with two attached hydrogens (primary N) is 1. The highest BCUT2D eigenvalue weighted by Crippen LogP contribution is 2.27. The van der Waals surface area contributed by atoms with Crippen molar-refractivity contribution in [3.8, 4) is 0 Å². The number of oxime groups is 1. The first-order chi connectivity index (χ1) is 8.16. The Morgan fingerprint density at radius 1 is 1.29 bits per heavy atom. The maximum Gasteiger partial charge on any atom is 0.127 e. The molecule has 2 rings (SSSR count). The minimum Gasteiger partial charge on any atom is -0.392 e. The second kappa shape index (κ2) is 5.32. The van der Waals surface area contributed by atoms with Crippen molar-refractivity contribution < 1.29 is 4.84 Å². The molecule has 1 fully saturated rings. The molecule has 0 heterocycles. The van der Waals surface area contributed by atoms with Crippen LogP contribution < -0.4 is 5.73 Å². The van der Waals surface area contributed by atoms with Crippen molar-refractivity contribution in [2.24, 2.45) is 10.9 Å². The molecule has 0 atom stereocenters. The van der Waals surface area contributed by atoms with Gasteiger partial charge in [0.15, 0.2) is 0 Å². The fourth-order valence-electron chi connectivity index (χ4n) is 2.07. The molecular weight excluding hydrogens is 212 g/mol. The Kier molecular flexibility index (Phi) is 3.79. The van der Waals surface area contributed by atoms with E-state index in [-0.39, 0.29) is 11.6 Å². The summed E-state index contributed by atoms with van der Waals surface area (Å²) in [6.07, 6.45) is 6.01. The maximum atomic E-state index is 6.07. The van der Waals surface area contributed by atoms with E-state index in [2.05, 4.69) is 12.1 Å². The van der Waals surface area contributed by atoms with Crippen LogP contribution in [0.25, 0.3) is 0 Å². The lowest BCUT2D eigenvalue weighted by atomic mass is 9.83. The SMILES string of the molecule is CC1(N)CCC(ON=Cc2ccccc2)CC1. The first-order valence-corrected chi connectivity index (χ1v) is 6.19. The largest absolute Gasteiger partial charge is 0.392 e. The van der Waals surface area contributed by atoms with Gasteiger partial charge in [-0.25, -0.2) is 0 Å². The van der Waals surface area contributed by atoms with Gasteiger partial charge in [0.1, 0.15) is 6.10 Å². The van der Waals surface area contributed by atoms with E-state index in [0.717, 1.165) is 31.2 Å². The van der Waals surface area contributed by atoms with Gasteiger partial charge in [0.2, 0.25) is 0 Å². The zero-order valence-corrected chi connectivity index (χ0v) is 10.3. The lowest BCUT2D eigenvalue weighted by molar-refractivity contribution is 0.0203. The monoisotopic (exact) mass is 232 g/mol. The Balaban J connectivity index is 1.78. The van der Waals surface area contributed by atoms with Crippen molar-refractivity contribution in [1.29, 1.82) is 0 Å². The third kappa shape index (κ3) is 3.86. The standard InChI is InChI=1S/C14H20N2O/c1-14(15)9-7-13(8-10-14)17-16-11-12-5-3-2-4-6-12/h2-6,11,13H,7-10,15H2,1H3. The molecule has 0 saturated heterocycles. The zero-order valence-electron chi connectivity index (χ0n) is 10.3. The van der Waals surface area contributed by atoms with Crippen LogP contribution in [0.5, 0.6) is 0 Å². The molecule has 0 radical (unpaired) electrons. The lowest BCUT2D eigenvalue weighted by Crippen LogP contribution is -2.41. The third-order valence-electron chi connectivity index (χ3n) is 3.29. The van der Waals surface area contributed by atoms with Crippen LogP contribution >= 0.6 is 0 Å². The van der Waals surface area contributed by atoms with Gasteiger partial charge in [-0.1, -0.05) is 35.5 Å². The molecule has 1 aliphatic rings. The molecule has 1 aromatic carbocycles. The lowest BCUT2D eigenvalue weighted by Gasteiger charge is -2.32. The highest BCUT2D eigenvalue weighted by atomic mass is 16.6. The van der Waals surface area contributed by atoms with E-state index in [1.807, 2.05) is 30.3 Å². The number of benzene rings is 1. The van der Waals surface area contributed by atoms with Crippen molar-refractivity contribution in [3.63, 3.8) is 0 Å². The van der Waals surface area contributed by atoms with Gasteiger partial charge in [0, 0.05) is 5.54 Å². The van der Waals surface area contributed by atoms with E-state index < -0.39 is 0 Å². The van der Waals surface area contributed by atoms with Gasteiger partial charge >= 0.3 is 0 Å². The van der Waals surface area contributed by atoms with Crippen LogP contribution in [0.2, 0.25) is 0 Å². The van der Waals surface area contributed by atoms with E-state index in [1.165, 1.54) is 0 Å². The summed E-state index contributed by atoms with van der Waals surface area (Å²) in [6, 6.07) is 9.97. The molecule has 0 unspecified atom stereocenters. The second-order valence-corrected chi connectivity index (χ2v) is 5.10. The first-order valence-electron chi connectivity index (χ1n) is 6.19. The van der Waals surface area contributed by atoms with Crippen LogP contribution in [0.3, 0.4) is 0 Å². The van der Waals surface area contributed by atoms with Gasteiger partial charge in [-0.2, -0.15) is 0 Å². The minimum atomic E-state index is -0.0109. The molecular formula is C14H20N2O. The molecule has 0 bridgehead atoms. The zero-order chi connectivity index (χ0) is 12.1. The van der Waals surface area contributed by atoms with Crippen LogP contribution in [0.1, 0.15) is 38.2 Å². The van der Waals surface area contributed by atoms with Crippen molar-refractivity contribution in [1.82, 2.24) is 0 Å². The summed E-state index contributed by atoms with van der Waals surface area (Å²) in [5, 5.41) is 4.05.